The minimum atomic E-state index is -2.04. The maximum absolute atomic E-state index is 13.8. The predicted molar refractivity (Wildman–Crippen MR) is 203 cm³/mol. The van der Waals surface area contributed by atoms with E-state index in [4.69, 9.17) is 33.2 Å². The molecule has 1 aliphatic rings. The van der Waals surface area contributed by atoms with Crippen LogP contribution in [0.3, 0.4) is 0 Å². The monoisotopic (exact) mass is 824 g/mol. The lowest BCUT2D eigenvalue weighted by molar-refractivity contribution is -0.220. The van der Waals surface area contributed by atoms with Crippen molar-refractivity contribution in [2.24, 2.45) is 0 Å². The number of aromatic hydroxyl groups is 1. The summed E-state index contributed by atoms with van der Waals surface area (Å²) in [4.78, 5) is 88.5. The molecular formula is C40H44N2O15S. The Morgan fingerprint density at radius 3 is 1.98 bits per heavy atom. The number of nitrogens with one attached hydrogen (secondary N) is 2. The van der Waals surface area contributed by atoms with Crippen molar-refractivity contribution in [2.45, 2.75) is 81.3 Å². The van der Waals surface area contributed by atoms with Gasteiger partial charge < -0.3 is 48.9 Å². The first-order valence-corrected chi connectivity index (χ1v) is 18.6. The van der Waals surface area contributed by atoms with Crippen molar-refractivity contribution in [2.75, 3.05) is 20.3 Å². The quantitative estimate of drug-likeness (QED) is 0.139. The number of carbonyl (C=O) groups is 7. The second-order valence-corrected chi connectivity index (χ2v) is 14.4. The number of hydrogen-bond donors (Lipinski definition) is 3. The van der Waals surface area contributed by atoms with Gasteiger partial charge in [0.25, 0.3) is 11.8 Å². The van der Waals surface area contributed by atoms with E-state index in [1.165, 1.54) is 36.4 Å². The lowest BCUT2D eigenvalue weighted by atomic mass is 9.89. The SMILES string of the molecule is COC(=O)[C@]1(Sc2ccc(C)cc2)C[C@H](OC(C)=O)[C@@H](NC(=O)COC(C)=O)[C@H]([C@H](OC(C)=O)[C@@H](CNC(=O)c2ccc(Oc3ccc(O)cc3)cc2)OC(C)=O)O1. The lowest BCUT2D eigenvalue weighted by Crippen LogP contribution is -2.68. The number of aryl methyl sites for hydroxylation is 1. The number of hydrogen-bond acceptors (Lipinski definition) is 16. The van der Waals surface area contributed by atoms with Gasteiger partial charge in [-0.2, -0.15) is 0 Å². The van der Waals surface area contributed by atoms with Crippen molar-refractivity contribution < 1.29 is 71.8 Å². The third-order valence-corrected chi connectivity index (χ3v) is 9.63. The Balaban J connectivity index is 1.75. The van der Waals surface area contributed by atoms with E-state index in [-0.39, 0.29) is 11.3 Å². The van der Waals surface area contributed by atoms with Crippen LogP contribution in [0.4, 0.5) is 0 Å². The second kappa shape index (κ2) is 20.3. The van der Waals surface area contributed by atoms with Crippen molar-refractivity contribution in [3.63, 3.8) is 0 Å². The van der Waals surface area contributed by atoms with Crippen molar-refractivity contribution >= 4 is 53.4 Å². The Kier molecular flexibility index (Phi) is 15.6. The summed E-state index contributed by atoms with van der Waals surface area (Å²) >= 11 is 0.893. The van der Waals surface area contributed by atoms with Crippen LogP contribution in [0.2, 0.25) is 0 Å². The van der Waals surface area contributed by atoms with E-state index in [9.17, 15) is 38.7 Å². The molecule has 3 N–H and O–H groups in total. The smallest absolute Gasteiger partial charge is 0.349 e. The van der Waals surface area contributed by atoms with Gasteiger partial charge in [-0.05, 0) is 67.6 Å². The molecule has 1 fully saturated rings. The average Bonchev–Trinajstić information content (AvgIpc) is 3.17. The summed E-state index contributed by atoms with van der Waals surface area (Å²) in [6, 6.07) is 17.5. The van der Waals surface area contributed by atoms with Crippen LogP contribution in [0, 0.1) is 6.92 Å². The highest BCUT2D eigenvalue weighted by Gasteiger charge is 2.59. The molecule has 310 valence electrons. The van der Waals surface area contributed by atoms with Gasteiger partial charge in [-0.3, -0.25) is 28.8 Å². The van der Waals surface area contributed by atoms with E-state index in [1.807, 2.05) is 6.92 Å². The van der Waals surface area contributed by atoms with Gasteiger partial charge in [0.05, 0.1) is 19.7 Å². The van der Waals surface area contributed by atoms with Crippen LogP contribution >= 0.6 is 11.8 Å². The van der Waals surface area contributed by atoms with Gasteiger partial charge in [0.1, 0.15) is 29.5 Å². The molecule has 17 nitrogen and oxygen atoms in total. The molecule has 2 amide bonds. The van der Waals surface area contributed by atoms with Gasteiger partial charge in [-0.15, -0.1) is 0 Å². The van der Waals surface area contributed by atoms with Crippen LogP contribution in [-0.4, -0.2) is 102 Å². The highest BCUT2D eigenvalue weighted by molar-refractivity contribution is 8.01. The molecule has 0 bridgehead atoms. The molecule has 0 radical (unpaired) electrons. The van der Waals surface area contributed by atoms with E-state index in [1.54, 1.807) is 36.4 Å². The summed E-state index contributed by atoms with van der Waals surface area (Å²) in [6.07, 6.45) is -6.78. The summed E-state index contributed by atoms with van der Waals surface area (Å²) < 4.78 is 39.4. The Morgan fingerprint density at radius 2 is 1.43 bits per heavy atom. The molecule has 3 aromatic carbocycles. The molecule has 1 saturated heterocycles. The molecule has 0 spiro atoms. The number of amides is 2. The first kappa shape index (κ1) is 44.6. The third-order valence-electron chi connectivity index (χ3n) is 8.36. The van der Waals surface area contributed by atoms with Crippen LogP contribution in [0.15, 0.2) is 77.7 Å². The van der Waals surface area contributed by atoms with Gasteiger partial charge in [0, 0.05) is 44.6 Å². The molecule has 6 atom stereocenters. The van der Waals surface area contributed by atoms with Gasteiger partial charge >= 0.3 is 29.8 Å². The summed E-state index contributed by atoms with van der Waals surface area (Å²) in [6.45, 7) is 4.88. The third kappa shape index (κ3) is 12.7. The topological polar surface area (TPSA) is 228 Å². The van der Waals surface area contributed by atoms with Gasteiger partial charge in [0.15, 0.2) is 18.8 Å². The molecule has 3 aromatic rings. The van der Waals surface area contributed by atoms with Crippen molar-refractivity contribution in [3.05, 3.63) is 83.9 Å². The Morgan fingerprint density at radius 1 is 0.828 bits per heavy atom. The molecular weight excluding hydrogens is 781 g/mol. The molecule has 1 heterocycles. The molecule has 58 heavy (non-hydrogen) atoms. The van der Waals surface area contributed by atoms with Crippen LogP contribution in [0.25, 0.3) is 0 Å². The van der Waals surface area contributed by atoms with E-state index < -0.39 is 96.6 Å². The number of benzene rings is 3. The fourth-order valence-corrected chi connectivity index (χ4v) is 7.14. The van der Waals surface area contributed by atoms with Crippen LogP contribution < -0.4 is 15.4 Å². The maximum atomic E-state index is 13.8. The molecule has 0 unspecified atom stereocenters. The molecule has 1 aliphatic heterocycles. The Bertz CT molecular complexity index is 1960. The first-order chi connectivity index (χ1) is 27.5. The number of carbonyl (C=O) groups excluding carboxylic acids is 7. The summed E-state index contributed by atoms with van der Waals surface area (Å²) in [5.41, 5.74) is 1.06. The number of methoxy groups -OCH3 is 1. The minimum absolute atomic E-state index is 0.0603. The number of rotatable bonds is 16. The molecule has 4 rings (SSSR count). The van der Waals surface area contributed by atoms with Crippen molar-refractivity contribution in [3.8, 4) is 17.2 Å². The fourth-order valence-electron chi connectivity index (χ4n) is 5.91. The second-order valence-electron chi connectivity index (χ2n) is 13.0. The summed E-state index contributed by atoms with van der Waals surface area (Å²) in [5, 5.41) is 14.8. The van der Waals surface area contributed by atoms with E-state index in [0.717, 1.165) is 52.1 Å². The Labute approximate surface area is 338 Å². The molecule has 0 aliphatic carbocycles. The lowest BCUT2D eigenvalue weighted by Gasteiger charge is -2.48. The van der Waals surface area contributed by atoms with Crippen molar-refractivity contribution in [1.82, 2.24) is 10.6 Å². The highest BCUT2D eigenvalue weighted by Crippen LogP contribution is 2.46. The standard InChI is InChI=1S/C40H44N2O15S/c1-22-7-17-31(18-8-22)58-40(39(50)51-6)19-32(53-24(3)44)35(42-34(48)21-52-23(2)43)37(57-40)36(55-26(5)46)33(54-25(4)45)20-41-38(49)27-9-13-29(14-10-27)56-30-15-11-28(47)12-16-30/h7-18,32-33,35-37,47H,19-21H2,1-6H3,(H,41,49)(H,42,48)/t32-,33+,35+,36+,37+,40+/m0/s1. The summed E-state index contributed by atoms with van der Waals surface area (Å²) in [7, 11) is 1.11. The normalized spacial score (nSPS) is 19.6. The summed E-state index contributed by atoms with van der Waals surface area (Å²) in [5.74, 6) is -4.99. The Hall–Kier alpha value is -6.14. The van der Waals surface area contributed by atoms with Crippen LogP contribution in [0.5, 0.6) is 17.2 Å². The number of ether oxygens (including phenoxy) is 7. The molecule has 18 heteroatoms. The van der Waals surface area contributed by atoms with E-state index in [0.29, 0.717) is 16.4 Å². The number of esters is 5. The van der Waals surface area contributed by atoms with E-state index >= 15 is 0 Å². The van der Waals surface area contributed by atoms with Gasteiger partial charge in [0.2, 0.25) is 4.93 Å². The molecule has 0 aromatic heterocycles. The van der Waals surface area contributed by atoms with E-state index in [2.05, 4.69) is 10.6 Å². The van der Waals surface area contributed by atoms with Crippen LogP contribution in [-0.2, 0) is 57.2 Å². The fraction of sp³-hybridized carbons (Fsp3) is 0.375. The number of thioether (sulfide) groups is 1. The zero-order valence-electron chi connectivity index (χ0n) is 32.5. The average molecular weight is 825 g/mol. The largest absolute Gasteiger partial charge is 0.508 e. The van der Waals surface area contributed by atoms with Gasteiger partial charge in [-0.25, -0.2) is 4.79 Å². The zero-order chi connectivity index (χ0) is 42.6. The van der Waals surface area contributed by atoms with Crippen molar-refractivity contribution in [1.29, 1.82) is 0 Å². The number of phenols is 1. The first-order valence-electron chi connectivity index (χ1n) is 17.8. The van der Waals surface area contributed by atoms with Gasteiger partial charge in [-0.1, -0.05) is 29.5 Å². The zero-order valence-corrected chi connectivity index (χ0v) is 33.3. The minimum Gasteiger partial charge on any atom is -0.508 e. The number of phenolic OH excluding ortho intramolecular Hbond substituents is 1. The predicted octanol–water partition coefficient (Wildman–Crippen LogP) is 3.52. The van der Waals surface area contributed by atoms with Crippen LogP contribution in [0.1, 0.15) is 50.0 Å². The maximum Gasteiger partial charge on any atom is 0.349 e. The highest BCUT2D eigenvalue weighted by atomic mass is 32.2. The molecule has 0 saturated carbocycles.